The zero-order valence-corrected chi connectivity index (χ0v) is 10.9. The molecule has 0 aliphatic carbocycles. The molecule has 8 heteroatoms. The van der Waals surface area contributed by atoms with Gasteiger partial charge in [-0.1, -0.05) is 6.92 Å². The summed E-state index contributed by atoms with van der Waals surface area (Å²) in [7, 11) is 0. The molecule has 1 aliphatic heterocycles. The van der Waals surface area contributed by atoms with Gasteiger partial charge < -0.3 is 10.0 Å². The smallest absolute Gasteiger partial charge is 0.323 e. The van der Waals surface area contributed by atoms with E-state index in [2.05, 4.69) is 14.7 Å². The SMILES string of the molecule is Cc1nsc(NC(=O)N2C[C@@H](C)[C@H](C(=O)O)C2)n1. The predicted octanol–water partition coefficient (Wildman–Crippen LogP) is 1.03. The molecular formula is C10H14N4O3S. The number of aliphatic carboxylic acids is 1. The third-order valence-electron chi connectivity index (χ3n) is 2.96. The van der Waals surface area contributed by atoms with Gasteiger partial charge in [0.2, 0.25) is 5.13 Å². The fraction of sp³-hybridized carbons (Fsp3) is 0.600. The van der Waals surface area contributed by atoms with Crippen LogP contribution in [-0.4, -0.2) is 44.5 Å². The molecule has 0 spiro atoms. The molecule has 1 fully saturated rings. The first-order valence-corrected chi connectivity index (χ1v) is 6.33. The highest BCUT2D eigenvalue weighted by molar-refractivity contribution is 7.09. The Bertz CT molecular complexity index is 475. The molecule has 98 valence electrons. The van der Waals surface area contributed by atoms with Crippen LogP contribution in [0.5, 0.6) is 0 Å². The number of urea groups is 1. The molecule has 0 aromatic carbocycles. The minimum atomic E-state index is -0.857. The van der Waals surface area contributed by atoms with Gasteiger partial charge in [-0.05, 0) is 12.8 Å². The molecule has 0 radical (unpaired) electrons. The first-order chi connectivity index (χ1) is 8.47. The van der Waals surface area contributed by atoms with Gasteiger partial charge in [0.15, 0.2) is 0 Å². The molecule has 1 aromatic heterocycles. The Labute approximate surface area is 108 Å². The Morgan fingerprint density at radius 3 is 2.72 bits per heavy atom. The molecule has 2 amide bonds. The van der Waals surface area contributed by atoms with Crippen molar-refractivity contribution < 1.29 is 14.7 Å². The maximum absolute atomic E-state index is 11.9. The average molecular weight is 270 g/mol. The van der Waals surface area contributed by atoms with Crippen LogP contribution in [0.2, 0.25) is 0 Å². The van der Waals surface area contributed by atoms with Gasteiger partial charge in [-0.25, -0.2) is 9.78 Å². The zero-order chi connectivity index (χ0) is 13.3. The van der Waals surface area contributed by atoms with Crippen molar-refractivity contribution in [3.63, 3.8) is 0 Å². The summed E-state index contributed by atoms with van der Waals surface area (Å²) in [5.41, 5.74) is 0. The normalized spacial score (nSPS) is 23.1. The van der Waals surface area contributed by atoms with E-state index >= 15 is 0 Å². The van der Waals surface area contributed by atoms with E-state index in [1.165, 1.54) is 4.90 Å². The Hall–Kier alpha value is -1.70. The molecule has 1 aliphatic rings. The molecule has 1 aromatic rings. The van der Waals surface area contributed by atoms with Crippen LogP contribution in [0.3, 0.4) is 0 Å². The Morgan fingerprint density at radius 1 is 1.50 bits per heavy atom. The van der Waals surface area contributed by atoms with Crippen LogP contribution >= 0.6 is 11.5 Å². The average Bonchev–Trinajstić information content (AvgIpc) is 2.85. The van der Waals surface area contributed by atoms with E-state index in [1.54, 1.807) is 6.92 Å². The third kappa shape index (κ3) is 2.58. The van der Waals surface area contributed by atoms with Gasteiger partial charge in [0.25, 0.3) is 0 Å². The monoisotopic (exact) mass is 270 g/mol. The molecule has 2 heterocycles. The Balaban J connectivity index is 1.97. The number of aromatic nitrogens is 2. The quantitative estimate of drug-likeness (QED) is 0.836. The highest BCUT2D eigenvalue weighted by atomic mass is 32.1. The molecular weight excluding hydrogens is 256 g/mol. The van der Waals surface area contributed by atoms with E-state index in [0.717, 1.165) is 11.5 Å². The van der Waals surface area contributed by atoms with Gasteiger partial charge in [-0.15, -0.1) is 0 Å². The van der Waals surface area contributed by atoms with Gasteiger partial charge in [0.1, 0.15) is 5.82 Å². The van der Waals surface area contributed by atoms with Crippen LogP contribution in [0.1, 0.15) is 12.7 Å². The lowest BCUT2D eigenvalue weighted by molar-refractivity contribution is -0.142. The fourth-order valence-corrected chi connectivity index (χ4v) is 2.54. The fourth-order valence-electron chi connectivity index (χ4n) is 1.97. The van der Waals surface area contributed by atoms with E-state index in [4.69, 9.17) is 5.11 Å². The van der Waals surface area contributed by atoms with Crippen molar-refractivity contribution in [3.8, 4) is 0 Å². The summed E-state index contributed by atoms with van der Waals surface area (Å²) in [6.07, 6.45) is 0. The second-order valence-corrected chi connectivity index (χ2v) is 5.16. The summed E-state index contributed by atoms with van der Waals surface area (Å²) in [6.45, 7) is 4.26. The van der Waals surface area contributed by atoms with Crippen LogP contribution in [0, 0.1) is 18.8 Å². The van der Waals surface area contributed by atoms with Crippen molar-refractivity contribution in [2.24, 2.45) is 11.8 Å². The van der Waals surface area contributed by atoms with Crippen LogP contribution in [0.4, 0.5) is 9.93 Å². The lowest BCUT2D eigenvalue weighted by atomic mass is 9.99. The van der Waals surface area contributed by atoms with E-state index in [0.29, 0.717) is 17.5 Å². The number of aryl methyl sites for hydroxylation is 1. The molecule has 1 saturated heterocycles. The van der Waals surface area contributed by atoms with Crippen molar-refractivity contribution in [2.45, 2.75) is 13.8 Å². The number of carboxylic acid groups (broad SMARTS) is 1. The van der Waals surface area contributed by atoms with Crippen LogP contribution in [-0.2, 0) is 4.79 Å². The summed E-state index contributed by atoms with van der Waals surface area (Å²) in [4.78, 5) is 28.4. The van der Waals surface area contributed by atoms with Crippen molar-refractivity contribution in [2.75, 3.05) is 18.4 Å². The van der Waals surface area contributed by atoms with Gasteiger partial charge >= 0.3 is 12.0 Å². The number of rotatable bonds is 2. The number of anilines is 1. The van der Waals surface area contributed by atoms with Gasteiger partial charge in [0.05, 0.1) is 5.92 Å². The molecule has 0 saturated carbocycles. The second-order valence-electron chi connectivity index (χ2n) is 4.40. The molecule has 7 nitrogen and oxygen atoms in total. The lowest BCUT2D eigenvalue weighted by Crippen LogP contribution is -2.33. The van der Waals surface area contributed by atoms with Crippen molar-refractivity contribution >= 4 is 28.7 Å². The third-order valence-corrected chi connectivity index (χ3v) is 3.68. The lowest BCUT2D eigenvalue weighted by Gasteiger charge is -2.15. The van der Waals surface area contributed by atoms with Gasteiger partial charge in [0, 0.05) is 24.6 Å². The van der Waals surface area contributed by atoms with Crippen LogP contribution in [0.25, 0.3) is 0 Å². The number of hydrogen-bond acceptors (Lipinski definition) is 5. The summed E-state index contributed by atoms with van der Waals surface area (Å²) in [6, 6.07) is -0.318. The first-order valence-electron chi connectivity index (χ1n) is 5.56. The topological polar surface area (TPSA) is 95.4 Å². The molecule has 2 atom stereocenters. The van der Waals surface area contributed by atoms with E-state index < -0.39 is 11.9 Å². The second kappa shape index (κ2) is 4.89. The predicted molar refractivity (Wildman–Crippen MR) is 65.5 cm³/mol. The zero-order valence-electron chi connectivity index (χ0n) is 10.1. The number of nitrogens with zero attached hydrogens (tertiary/aromatic N) is 3. The minimum Gasteiger partial charge on any atom is -0.481 e. The number of carbonyl (C=O) groups is 2. The number of carboxylic acids is 1. The standard InChI is InChI=1S/C10H14N4O3S/c1-5-3-14(4-7(5)8(15)16)10(17)12-9-11-6(2)13-18-9/h5,7H,3-4H2,1-2H3,(H,15,16)(H,11,12,13,17)/t5-,7-/m1/s1. The molecule has 2 rings (SSSR count). The summed E-state index contributed by atoms with van der Waals surface area (Å²) < 4.78 is 3.96. The number of likely N-dealkylation sites (tertiary alicyclic amines) is 1. The van der Waals surface area contributed by atoms with Crippen molar-refractivity contribution in [1.29, 1.82) is 0 Å². The summed E-state index contributed by atoms with van der Waals surface area (Å²) in [5, 5.41) is 12.1. The van der Waals surface area contributed by atoms with E-state index in [-0.39, 0.29) is 18.5 Å². The van der Waals surface area contributed by atoms with Crippen molar-refractivity contribution in [3.05, 3.63) is 5.82 Å². The molecule has 2 N–H and O–H groups in total. The van der Waals surface area contributed by atoms with E-state index in [9.17, 15) is 9.59 Å². The minimum absolute atomic E-state index is 0.0376. The number of carbonyl (C=O) groups excluding carboxylic acids is 1. The van der Waals surface area contributed by atoms with Crippen LogP contribution in [0.15, 0.2) is 0 Å². The van der Waals surface area contributed by atoms with Crippen LogP contribution < -0.4 is 5.32 Å². The van der Waals surface area contributed by atoms with Gasteiger partial charge in [-0.2, -0.15) is 4.37 Å². The molecule has 0 unspecified atom stereocenters. The highest BCUT2D eigenvalue weighted by Gasteiger charge is 2.37. The maximum atomic E-state index is 11.9. The molecule has 0 bridgehead atoms. The maximum Gasteiger partial charge on any atom is 0.323 e. The first kappa shape index (κ1) is 12.7. The number of nitrogens with one attached hydrogen (secondary N) is 1. The summed E-state index contributed by atoms with van der Waals surface area (Å²) in [5.74, 6) is -0.783. The van der Waals surface area contributed by atoms with E-state index in [1.807, 2.05) is 6.92 Å². The Morgan fingerprint density at radius 2 is 2.22 bits per heavy atom. The Kier molecular flexibility index (Phi) is 3.46. The van der Waals surface area contributed by atoms with Crippen molar-refractivity contribution in [1.82, 2.24) is 14.3 Å². The largest absolute Gasteiger partial charge is 0.481 e. The molecule has 18 heavy (non-hydrogen) atoms. The number of hydrogen-bond donors (Lipinski definition) is 2. The van der Waals surface area contributed by atoms with Gasteiger partial charge in [-0.3, -0.25) is 10.1 Å². The number of amides is 2. The highest BCUT2D eigenvalue weighted by Crippen LogP contribution is 2.24. The summed E-state index contributed by atoms with van der Waals surface area (Å²) >= 11 is 1.11.